The van der Waals surface area contributed by atoms with Gasteiger partial charge in [-0.05, 0) is 24.6 Å². The highest BCUT2D eigenvalue weighted by Crippen LogP contribution is 2.35. The summed E-state index contributed by atoms with van der Waals surface area (Å²) in [5, 5.41) is 15.4. The quantitative estimate of drug-likeness (QED) is 0.237. The number of imidazole rings is 1. The number of carbonyl (C=O) groups excluding carboxylic acids is 1. The summed E-state index contributed by atoms with van der Waals surface area (Å²) >= 11 is 1.55. The molecule has 0 fully saturated rings. The second kappa shape index (κ2) is 9.74. The van der Waals surface area contributed by atoms with Gasteiger partial charge in [-0.25, -0.2) is 9.78 Å². The average Bonchev–Trinajstić information content (AvgIpc) is 3.31. The Morgan fingerprint density at radius 3 is 2.76 bits per heavy atom. The monoisotopic (exact) mass is 462 g/mol. The van der Waals surface area contributed by atoms with Crippen LogP contribution in [0.5, 0.6) is 0 Å². The fourth-order valence-electron chi connectivity index (χ4n) is 3.76. The molecule has 0 saturated heterocycles. The average molecular weight is 463 g/mol. The van der Waals surface area contributed by atoms with E-state index in [1.54, 1.807) is 37.0 Å². The molecular weight excluding hydrogens is 440 g/mol. The van der Waals surface area contributed by atoms with Crippen molar-refractivity contribution in [3.63, 3.8) is 0 Å². The third kappa shape index (κ3) is 4.83. The minimum absolute atomic E-state index is 0.0258. The number of nitrogens with zero attached hydrogens (tertiary/aromatic N) is 3. The van der Waals surface area contributed by atoms with Crippen LogP contribution < -0.4 is 5.32 Å². The fourth-order valence-corrected chi connectivity index (χ4v) is 4.65. The number of thioether (sulfide) groups is 1. The summed E-state index contributed by atoms with van der Waals surface area (Å²) in [5.74, 6) is -0.372. The highest BCUT2D eigenvalue weighted by atomic mass is 32.2. The van der Waals surface area contributed by atoms with Gasteiger partial charge in [0.15, 0.2) is 5.16 Å². The van der Waals surface area contributed by atoms with Gasteiger partial charge in [0, 0.05) is 53.3 Å². The molecule has 1 aromatic heterocycles. The first-order valence-corrected chi connectivity index (χ1v) is 11.2. The van der Waals surface area contributed by atoms with Crippen LogP contribution in [-0.2, 0) is 9.53 Å². The van der Waals surface area contributed by atoms with E-state index in [1.165, 1.54) is 19.2 Å². The number of hydrogen-bond donors (Lipinski definition) is 1. The predicted octanol–water partition coefficient (Wildman–Crippen LogP) is 4.59. The van der Waals surface area contributed by atoms with Gasteiger partial charge in [-0.15, -0.1) is 0 Å². The minimum atomic E-state index is -0.473. The molecule has 1 atom stereocenters. The molecule has 0 bridgehead atoms. The molecule has 2 aromatic carbocycles. The zero-order chi connectivity index (χ0) is 23.4. The van der Waals surface area contributed by atoms with Crippen molar-refractivity contribution in [2.45, 2.75) is 18.0 Å². The maximum absolute atomic E-state index is 12.5. The van der Waals surface area contributed by atoms with Crippen LogP contribution in [0.25, 0.3) is 5.69 Å². The molecule has 8 nitrogen and oxygen atoms in total. The number of carbonyl (C=O) groups is 1. The van der Waals surface area contributed by atoms with Gasteiger partial charge in [0.1, 0.15) is 0 Å². The van der Waals surface area contributed by atoms with Gasteiger partial charge in [0.05, 0.1) is 17.6 Å². The Morgan fingerprint density at radius 2 is 2.03 bits per heavy atom. The lowest BCUT2D eigenvalue weighted by atomic mass is 9.86. The molecule has 0 aliphatic carbocycles. The fraction of sp³-hybridized carbons (Fsp3) is 0.167. The Bertz CT molecular complexity index is 1250. The van der Waals surface area contributed by atoms with Crippen molar-refractivity contribution in [1.29, 1.82) is 0 Å². The number of ether oxygens (including phenoxy) is 1. The van der Waals surface area contributed by atoms with Gasteiger partial charge >= 0.3 is 5.97 Å². The molecule has 2 heterocycles. The number of dihydropyridines is 1. The number of allylic oxidation sites excluding steroid dienone is 2. The molecule has 0 radical (unpaired) electrons. The van der Waals surface area contributed by atoms with Crippen LogP contribution >= 0.6 is 11.8 Å². The van der Waals surface area contributed by atoms with E-state index in [-0.39, 0.29) is 5.69 Å². The number of nitrogens with one attached hydrogen (secondary N) is 1. The third-order valence-corrected chi connectivity index (χ3v) is 6.29. The van der Waals surface area contributed by atoms with Crippen LogP contribution in [0.4, 0.5) is 5.69 Å². The summed E-state index contributed by atoms with van der Waals surface area (Å²) in [5.41, 5.74) is 3.60. The van der Waals surface area contributed by atoms with Gasteiger partial charge in [0.2, 0.25) is 0 Å². The number of para-hydroxylation sites is 1. The number of methoxy groups -OCH3 is 1. The van der Waals surface area contributed by atoms with Crippen molar-refractivity contribution in [2.75, 3.05) is 12.9 Å². The summed E-state index contributed by atoms with van der Waals surface area (Å²) in [7, 11) is 1.33. The van der Waals surface area contributed by atoms with E-state index in [0.29, 0.717) is 22.6 Å². The number of hydrogen-bond acceptors (Lipinski definition) is 7. The Hall–Kier alpha value is -3.85. The largest absolute Gasteiger partial charge is 0.466 e. The summed E-state index contributed by atoms with van der Waals surface area (Å²) in [4.78, 5) is 27.8. The summed E-state index contributed by atoms with van der Waals surface area (Å²) in [6, 6.07) is 16.3. The van der Waals surface area contributed by atoms with Crippen molar-refractivity contribution >= 4 is 23.4 Å². The molecule has 1 N–H and O–H groups in total. The Kier molecular flexibility index (Phi) is 6.60. The maximum atomic E-state index is 12.5. The van der Waals surface area contributed by atoms with Crippen LogP contribution in [0.3, 0.4) is 0 Å². The van der Waals surface area contributed by atoms with Crippen LogP contribution in [-0.4, -0.2) is 33.3 Å². The normalized spacial score (nSPS) is 15.6. The number of non-ortho nitro benzene ring substituents is 1. The summed E-state index contributed by atoms with van der Waals surface area (Å²) in [6.07, 6.45) is 5.58. The molecule has 33 heavy (non-hydrogen) atoms. The molecule has 1 unspecified atom stereocenters. The number of aromatic nitrogens is 2. The lowest BCUT2D eigenvalue weighted by molar-refractivity contribution is -0.384. The van der Waals surface area contributed by atoms with Gasteiger partial charge in [0.25, 0.3) is 5.69 Å². The van der Waals surface area contributed by atoms with Crippen LogP contribution in [0.15, 0.2) is 95.2 Å². The molecule has 0 spiro atoms. The highest BCUT2D eigenvalue weighted by Gasteiger charge is 2.29. The number of nitro benzene ring substituents is 1. The first-order valence-electron chi connectivity index (χ1n) is 10.2. The molecule has 9 heteroatoms. The third-order valence-electron chi connectivity index (χ3n) is 5.27. The highest BCUT2D eigenvalue weighted by molar-refractivity contribution is 7.99. The minimum Gasteiger partial charge on any atom is -0.466 e. The van der Waals surface area contributed by atoms with Gasteiger partial charge < -0.3 is 10.1 Å². The molecule has 0 saturated carbocycles. The van der Waals surface area contributed by atoms with E-state index >= 15 is 0 Å². The zero-order valence-corrected chi connectivity index (χ0v) is 18.9. The molecule has 168 valence electrons. The van der Waals surface area contributed by atoms with Gasteiger partial charge in [-0.1, -0.05) is 48.2 Å². The molecule has 1 aliphatic heterocycles. The number of esters is 1. The van der Waals surface area contributed by atoms with E-state index in [4.69, 9.17) is 4.74 Å². The molecule has 1 aliphatic rings. The number of nitro groups is 1. The van der Waals surface area contributed by atoms with Gasteiger partial charge in [-0.3, -0.25) is 14.7 Å². The first kappa shape index (κ1) is 22.3. The predicted molar refractivity (Wildman–Crippen MR) is 126 cm³/mol. The topological polar surface area (TPSA) is 99.3 Å². The second-order valence-corrected chi connectivity index (χ2v) is 8.32. The zero-order valence-electron chi connectivity index (χ0n) is 18.1. The van der Waals surface area contributed by atoms with E-state index in [2.05, 4.69) is 10.3 Å². The lowest BCUT2D eigenvalue weighted by Gasteiger charge is -2.26. The smallest absolute Gasteiger partial charge is 0.336 e. The van der Waals surface area contributed by atoms with Crippen molar-refractivity contribution in [1.82, 2.24) is 14.9 Å². The summed E-state index contributed by atoms with van der Waals surface area (Å²) < 4.78 is 7.00. The maximum Gasteiger partial charge on any atom is 0.336 e. The standard InChI is InChI=1S/C24H22N4O4S/c1-16-22(23(29)32-2)21(17-7-6-10-20(13-17)28(30)31)14-18(26-16)15-33-24-25-11-12-27(24)19-8-4-3-5-9-19/h3-14,21,26H,15H2,1-2H3. The summed E-state index contributed by atoms with van der Waals surface area (Å²) in [6.45, 7) is 1.80. The molecule has 4 rings (SSSR count). The van der Waals surface area contributed by atoms with Crippen molar-refractivity contribution < 1.29 is 14.5 Å². The van der Waals surface area contributed by atoms with Crippen LogP contribution in [0.2, 0.25) is 0 Å². The Labute approximate surface area is 195 Å². The lowest BCUT2D eigenvalue weighted by Crippen LogP contribution is -2.27. The van der Waals surface area contributed by atoms with E-state index in [0.717, 1.165) is 16.5 Å². The van der Waals surface area contributed by atoms with Gasteiger partial charge in [-0.2, -0.15) is 0 Å². The SMILES string of the molecule is COC(=O)C1=C(C)NC(CSc2nccn2-c2ccccc2)=CC1c1cccc([N+](=O)[O-])c1. The molecule has 0 amide bonds. The van der Waals surface area contributed by atoms with E-state index in [9.17, 15) is 14.9 Å². The Morgan fingerprint density at radius 1 is 1.24 bits per heavy atom. The van der Waals surface area contributed by atoms with Crippen LogP contribution in [0.1, 0.15) is 18.4 Å². The Balaban J connectivity index is 1.63. The number of rotatable bonds is 7. The van der Waals surface area contributed by atoms with Crippen molar-refractivity contribution in [2.24, 2.45) is 0 Å². The first-order chi connectivity index (χ1) is 16.0. The number of benzene rings is 2. The van der Waals surface area contributed by atoms with E-state index < -0.39 is 16.8 Å². The molecule has 3 aromatic rings. The van der Waals surface area contributed by atoms with E-state index in [1.807, 2.05) is 47.2 Å². The second-order valence-electron chi connectivity index (χ2n) is 7.38. The van der Waals surface area contributed by atoms with Crippen molar-refractivity contribution in [3.05, 3.63) is 106 Å². The molecular formula is C24H22N4O4S. The van der Waals surface area contributed by atoms with Crippen LogP contribution in [0, 0.1) is 10.1 Å². The van der Waals surface area contributed by atoms with Crippen molar-refractivity contribution in [3.8, 4) is 5.69 Å².